The van der Waals surface area contributed by atoms with E-state index in [-0.39, 0.29) is 11.7 Å². The Morgan fingerprint density at radius 2 is 1.87 bits per heavy atom. The zero-order valence-corrected chi connectivity index (χ0v) is 17.4. The Bertz CT molecular complexity index is 1110. The molecule has 3 N–H and O–H groups in total. The van der Waals surface area contributed by atoms with Crippen molar-refractivity contribution in [2.45, 2.75) is 19.9 Å². The van der Waals surface area contributed by atoms with E-state index in [9.17, 15) is 10.1 Å². The number of anilines is 2. The molecule has 152 valence electrons. The van der Waals surface area contributed by atoms with Crippen molar-refractivity contribution in [1.82, 2.24) is 9.88 Å². The highest BCUT2D eigenvalue weighted by molar-refractivity contribution is 5.91. The molecule has 0 saturated carbocycles. The van der Waals surface area contributed by atoms with Crippen LogP contribution in [0.15, 0.2) is 54.6 Å². The van der Waals surface area contributed by atoms with Crippen molar-refractivity contribution in [3.8, 4) is 28.5 Å². The predicted molar refractivity (Wildman–Crippen MR) is 121 cm³/mol. The molecule has 0 fully saturated rings. The molecule has 30 heavy (non-hydrogen) atoms. The molecule has 0 spiro atoms. The van der Waals surface area contributed by atoms with E-state index in [1.165, 1.54) is 0 Å². The number of hydrogen-bond donors (Lipinski definition) is 2. The van der Waals surface area contributed by atoms with Crippen LogP contribution in [0.4, 0.5) is 11.5 Å². The lowest BCUT2D eigenvalue weighted by Gasteiger charge is -2.14. The van der Waals surface area contributed by atoms with Gasteiger partial charge in [0.1, 0.15) is 17.5 Å². The van der Waals surface area contributed by atoms with Gasteiger partial charge in [-0.15, -0.1) is 0 Å². The fraction of sp³-hybridized carbons (Fsp3) is 0.208. The number of aromatic nitrogens is 1. The Balaban J connectivity index is 2.08. The van der Waals surface area contributed by atoms with Crippen LogP contribution in [0.5, 0.6) is 0 Å². The summed E-state index contributed by atoms with van der Waals surface area (Å²) in [7, 11) is 4.03. The second-order valence-electron chi connectivity index (χ2n) is 7.35. The van der Waals surface area contributed by atoms with Gasteiger partial charge in [0.05, 0.1) is 5.69 Å². The van der Waals surface area contributed by atoms with E-state index < -0.39 is 0 Å². The van der Waals surface area contributed by atoms with E-state index >= 15 is 0 Å². The number of benzene rings is 2. The van der Waals surface area contributed by atoms with Crippen LogP contribution in [-0.4, -0.2) is 29.9 Å². The molecule has 0 saturated heterocycles. The highest BCUT2D eigenvalue weighted by Gasteiger charge is 2.14. The minimum absolute atomic E-state index is 0.0575. The molecule has 6 heteroatoms. The Morgan fingerprint density at radius 3 is 2.57 bits per heavy atom. The number of nitrogens with two attached hydrogens (primary N) is 1. The number of amides is 1. The molecule has 2 aromatic carbocycles. The topological polar surface area (TPSA) is 95.0 Å². The monoisotopic (exact) mass is 399 g/mol. The van der Waals surface area contributed by atoms with E-state index in [0.717, 1.165) is 28.8 Å². The van der Waals surface area contributed by atoms with Gasteiger partial charge in [-0.05, 0) is 49.5 Å². The molecule has 3 rings (SSSR count). The third-order valence-corrected chi connectivity index (χ3v) is 4.66. The molecule has 0 aliphatic rings. The van der Waals surface area contributed by atoms with Crippen LogP contribution in [0.2, 0.25) is 0 Å². The van der Waals surface area contributed by atoms with Crippen molar-refractivity contribution in [1.29, 1.82) is 5.26 Å². The summed E-state index contributed by atoms with van der Waals surface area (Å²) < 4.78 is 0. The van der Waals surface area contributed by atoms with Gasteiger partial charge in [0.25, 0.3) is 0 Å². The first-order valence-corrected chi connectivity index (χ1v) is 9.76. The Hall–Kier alpha value is -3.69. The molecule has 1 amide bonds. The minimum atomic E-state index is -0.0575. The number of pyridine rings is 1. The van der Waals surface area contributed by atoms with Crippen LogP contribution in [0.3, 0.4) is 0 Å². The number of nitrogen functional groups attached to an aromatic ring is 1. The van der Waals surface area contributed by atoms with Crippen LogP contribution >= 0.6 is 0 Å². The van der Waals surface area contributed by atoms with Crippen LogP contribution in [0, 0.1) is 11.3 Å². The van der Waals surface area contributed by atoms with Gasteiger partial charge in [0.2, 0.25) is 5.91 Å². The SMILES string of the molecule is CCC(=O)Nc1cccc(-c2cc(-c3cccc(CN(C)C)c3)c(C#N)c(N)n2)c1. The number of nitrogens with one attached hydrogen (secondary N) is 1. The standard InChI is InChI=1S/C24H25N5O/c1-4-23(30)27-19-10-6-9-18(12-19)22-13-20(21(14-25)24(26)28-22)17-8-5-7-16(11-17)15-29(2)3/h5-13H,4,15H2,1-3H3,(H2,26,28)(H,27,30). The first-order valence-electron chi connectivity index (χ1n) is 9.76. The zero-order chi connectivity index (χ0) is 21.7. The maximum absolute atomic E-state index is 11.7. The number of carbonyl (C=O) groups is 1. The van der Waals surface area contributed by atoms with Crippen molar-refractivity contribution in [3.05, 3.63) is 65.7 Å². The zero-order valence-electron chi connectivity index (χ0n) is 17.4. The average Bonchev–Trinajstić information content (AvgIpc) is 2.73. The van der Waals surface area contributed by atoms with Crippen LogP contribution in [0.25, 0.3) is 22.4 Å². The van der Waals surface area contributed by atoms with Gasteiger partial charge in [0, 0.05) is 29.8 Å². The van der Waals surface area contributed by atoms with E-state index in [1.807, 2.05) is 56.6 Å². The number of rotatable bonds is 6. The molecule has 3 aromatic rings. The largest absolute Gasteiger partial charge is 0.383 e. The summed E-state index contributed by atoms with van der Waals surface area (Å²) in [5, 5.41) is 12.5. The van der Waals surface area contributed by atoms with Crippen LogP contribution in [0.1, 0.15) is 24.5 Å². The summed E-state index contributed by atoms with van der Waals surface area (Å²) in [6.07, 6.45) is 0.403. The third kappa shape index (κ3) is 4.83. The summed E-state index contributed by atoms with van der Waals surface area (Å²) >= 11 is 0. The predicted octanol–water partition coefficient (Wildman–Crippen LogP) is 4.28. The maximum atomic E-state index is 11.7. The molecule has 6 nitrogen and oxygen atoms in total. The van der Waals surface area contributed by atoms with Gasteiger partial charge in [-0.2, -0.15) is 5.26 Å². The summed E-state index contributed by atoms with van der Waals surface area (Å²) in [6, 6.07) is 19.6. The lowest BCUT2D eigenvalue weighted by molar-refractivity contribution is -0.115. The second-order valence-corrected chi connectivity index (χ2v) is 7.35. The van der Waals surface area contributed by atoms with Crippen molar-refractivity contribution in [2.75, 3.05) is 25.1 Å². The van der Waals surface area contributed by atoms with E-state index in [0.29, 0.717) is 23.4 Å². The highest BCUT2D eigenvalue weighted by atomic mass is 16.1. The molecule has 0 unspecified atom stereocenters. The molecular weight excluding hydrogens is 374 g/mol. The Morgan fingerprint density at radius 1 is 1.13 bits per heavy atom. The molecule has 1 aromatic heterocycles. The van der Waals surface area contributed by atoms with Gasteiger partial charge in [-0.25, -0.2) is 4.98 Å². The number of hydrogen-bond acceptors (Lipinski definition) is 5. The molecule has 0 atom stereocenters. The van der Waals surface area contributed by atoms with Crippen molar-refractivity contribution >= 4 is 17.4 Å². The fourth-order valence-electron chi connectivity index (χ4n) is 3.27. The lowest BCUT2D eigenvalue weighted by atomic mass is 9.97. The van der Waals surface area contributed by atoms with E-state index in [1.54, 1.807) is 6.92 Å². The summed E-state index contributed by atoms with van der Waals surface area (Å²) in [6.45, 7) is 2.60. The molecular formula is C24H25N5O. The van der Waals surface area contributed by atoms with Crippen molar-refractivity contribution in [2.24, 2.45) is 0 Å². The van der Waals surface area contributed by atoms with Gasteiger partial charge >= 0.3 is 0 Å². The second kappa shape index (κ2) is 9.21. The highest BCUT2D eigenvalue weighted by Crippen LogP contribution is 2.32. The van der Waals surface area contributed by atoms with E-state index in [4.69, 9.17) is 5.73 Å². The summed E-state index contributed by atoms with van der Waals surface area (Å²) in [5.41, 5.74) is 11.5. The average molecular weight is 399 g/mol. The number of nitrogens with zero attached hydrogens (tertiary/aromatic N) is 3. The smallest absolute Gasteiger partial charge is 0.224 e. The first kappa shape index (κ1) is 21.0. The van der Waals surface area contributed by atoms with Crippen LogP contribution < -0.4 is 11.1 Å². The van der Waals surface area contributed by atoms with Gasteiger partial charge < -0.3 is 16.0 Å². The molecule has 1 heterocycles. The molecule has 0 radical (unpaired) electrons. The third-order valence-electron chi connectivity index (χ3n) is 4.66. The fourth-order valence-corrected chi connectivity index (χ4v) is 3.27. The molecule has 0 aliphatic heterocycles. The van der Waals surface area contributed by atoms with Crippen molar-refractivity contribution in [3.63, 3.8) is 0 Å². The maximum Gasteiger partial charge on any atom is 0.224 e. The Labute approximate surface area is 177 Å². The summed E-state index contributed by atoms with van der Waals surface area (Å²) in [5.74, 6) is 0.129. The quantitative estimate of drug-likeness (QED) is 0.645. The normalized spacial score (nSPS) is 10.6. The molecule has 0 bridgehead atoms. The van der Waals surface area contributed by atoms with Gasteiger partial charge in [-0.1, -0.05) is 37.3 Å². The summed E-state index contributed by atoms with van der Waals surface area (Å²) in [4.78, 5) is 18.3. The molecule has 0 aliphatic carbocycles. The number of carbonyl (C=O) groups excluding carboxylic acids is 1. The first-order chi connectivity index (χ1) is 14.4. The van der Waals surface area contributed by atoms with Crippen LogP contribution in [-0.2, 0) is 11.3 Å². The number of nitriles is 1. The van der Waals surface area contributed by atoms with Gasteiger partial charge in [-0.3, -0.25) is 4.79 Å². The van der Waals surface area contributed by atoms with Gasteiger partial charge in [0.15, 0.2) is 0 Å². The van der Waals surface area contributed by atoms with Crippen molar-refractivity contribution < 1.29 is 4.79 Å². The van der Waals surface area contributed by atoms with E-state index in [2.05, 4.69) is 33.4 Å². The Kier molecular flexibility index (Phi) is 6.45. The lowest BCUT2D eigenvalue weighted by Crippen LogP contribution is -2.10. The minimum Gasteiger partial charge on any atom is -0.383 e.